The molecule has 0 saturated carbocycles. The van der Waals surface area contributed by atoms with Gasteiger partial charge < -0.3 is 10.2 Å². The molecule has 1 aliphatic heterocycles. The molecule has 19 heavy (non-hydrogen) atoms. The predicted molar refractivity (Wildman–Crippen MR) is 86.2 cm³/mol. The molecule has 1 aromatic heterocycles. The molecular formula is C13H20BrClN2OS. The number of amides is 1. The average Bonchev–Trinajstić information content (AvgIpc) is 2.96. The van der Waals surface area contributed by atoms with Crippen LogP contribution in [-0.4, -0.2) is 37.0 Å². The average molecular weight is 368 g/mol. The van der Waals surface area contributed by atoms with E-state index in [1.165, 1.54) is 4.88 Å². The molecule has 1 atom stereocenters. The van der Waals surface area contributed by atoms with Gasteiger partial charge in [0, 0.05) is 40.3 Å². The topological polar surface area (TPSA) is 32.3 Å². The molecule has 2 rings (SSSR count). The number of nitrogens with zero attached hydrogens (tertiary/aromatic N) is 1. The minimum absolute atomic E-state index is 0. The molecule has 2 heterocycles. The maximum absolute atomic E-state index is 12.2. The van der Waals surface area contributed by atoms with Crippen molar-refractivity contribution in [3.05, 3.63) is 20.8 Å². The van der Waals surface area contributed by atoms with Crippen LogP contribution in [0.1, 0.15) is 24.1 Å². The quantitative estimate of drug-likeness (QED) is 0.867. The normalized spacial score (nSPS) is 18.4. The first kappa shape index (κ1) is 17.0. The Hall–Kier alpha value is -0.100. The summed E-state index contributed by atoms with van der Waals surface area (Å²) >= 11 is 5.16. The molecule has 0 aromatic carbocycles. The number of carbonyl (C=O) groups is 1. The van der Waals surface area contributed by atoms with E-state index >= 15 is 0 Å². The molecule has 1 fully saturated rings. The highest BCUT2D eigenvalue weighted by Crippen LogP contribution is 2.22. The molecule has 1 N–H and O–H groups in total. The summed E-state index contributed by atoms with van der Waals surface area (Å²) < 4.78 is 1.11. The van der Waals surface area contributed by atoms with E-state index in [4.69, 9.17) is 0 Å². The van der Waals surface area contributed by atoms with Gasteiger partial charge in [0.25, 0.3) is 0 Å². The maximum Gasteiger partial charge on any atom is 0.223 e. The summed E-state index contributed by atoms with van der Waals surface area (Å²) in [6, 6.07) is 2.50. The number of hydrogen-bond acceptors (Lipinski definition) is 3. The van der Waals surface area contributed by atoms with Gasteiger partial charge in [-0.3, -0.25) is 4.79 Å². The van der Waals surface area contributed by atoms with E-state index in [2.05, 4.69) is 37.6 Å². The van der Waals surface area contributed by atoms with E-state index in [0.717, 1.165) is 36.8 Å². The molecule has 0 radical (unpaired) electrons. The Morgan fingerprint density at radius 3 is 3.05 bits per heavy atom. The van der Waals surface area contributed by atoms with E-state index in [9.17, 15) is 4.79 Å². The van der Waals surface area contributed by atoms with Crippen molar-refractivity contribution in [2.75, 3.05) is 20.1 Å². The molecule has 1 saturated heterocycles. The van der Waals surface area contributed by atoms with Gasteiger partial charge in [-0.15, -0.1) is 23.7 Å². The van der Waals surface area contributed by atoms with Gasteiger partial charge in [-0.25, -0.2) is 0 Å². The van der Waals surface area contributed by atoms with Crippen LogP contribution in [-0.2, 0) is 11.2 Å². The molecule has 3 nitrogen and oxygen atoms in total. The summed E-state index contributed by atoms with van der Waals surface area (Å²) in [6.07, 6.45) is 3.77. The summed E-state index contributed by atoms with van der Waals surface area (Å²) in [4.78, 5) is 15.5. The minimum atomic E-state index is 0. The van der Waals surface area contributed by atoms with Crippen LogP contribution in [0, 0.1) is 0 Å². The number of aryl methyl sites for hydroxylation is 1. The Balaban J connectivity index is 0.00000180. The number of likely N-dealkylation sites (N-methyl/N-ethyl adjacent to an activating group) is 1. The first-order valence-electron chi connectivity index (χ1n) is 6.37. The van der Waals surface area contributed by atoms with Crippen molar-refractivity contribution in [3.8, 4) is 0 Å². The van der Waals surface area contributed by atoms with E-state index in [1.807, 2.05) is 7.05 Å². The maximum atomic E-state index is 12.2. The monoisotopic (exact) mass is 366 g/mol. The van der Waals surface area contributed by atoms with Crippen LogP contribution in [0.25, 0.3) is 0 Å². The van der Waals surface area contributed by atoms with Gasteiger partial charge in [0.05, 0.1) is 0 Å². The second-order valence-electron chi connectivity index (χ2n) is 4.67. The lowest BCUT2D eigenvalue weighted by Gasteiger charge is -2.24. The molecule has 0 bridgehead atoms. The molecule has 6 heteroatoms. The summed E-state index contributed by atoms with van der Waals surface area (Å²) in [6.45, 7) is 1.84. The fourth-order valence-electron chi connectivity index (χ4n) is 2.47. The first-order chi connectivity index (χ1) is 8.70. The standard InChI is InChI=1S/C13H19BrN2OS.ClH/c1-15-8-11-3-2-6-16(11)13(17)5-4-12-7-10(14)9-18-12;/h7,9,11,15H,2-6,8H2,1H3;1H. The lowest BCUT2D eigenvalue weighted by Crippen LogP contribution is -2.40. The molecule has 1 aromatic rings. The van der Waals surface area contributed by atoms with E-state index in [1.54, 1.807) is 11.3 Å². The van der Waals surface area contributed by atoms with Crippen LogP contribution < -0.4 is 5.32 Å². The molecule has 1 aliphatic rings. The third-order valence-corrected chi connectivity index (χ3v) is 5.10. The fourth-order valence-corrected chi connectivity index (χ4v) is 3.93. The molecule has 1 unspecified atom stereocenters. The highest BCUT2D eigenvalue weighted by atomic mass is 79.9. The van der Waals surface area contributed by atoms with Gasteiger partial charge in [0.1, 0.15) is 0 Å². The van der Waals surface area contributed by atoms with Crippen LogP contribution in [0.5, 0.6) is 0 Å². The number of rotatable bonds is 5. The second-order valence-corrected chi connectivity index (χ2v) is 6.58. The molecular weight excluding hydrogens is 348 g/mol. The van der Waals surface area contributed by atoms with Gasteiger partial charge in [-0.2, -0.15) is 0 Å². The number of thiophene rings is 1. The minimum Gasteiger partial charge on any atom is -0.338 e. The summed E-state index contributed by atoms with van der Waals surface area (Å²) in [5.74, 6) is 0.303. The van der Waals surface area contributed by atoms with Crippen LogP contribution in [0.2, 0.25) is 0 Å². The SMILES string of the molecule is CNCC1CCCN1C(=O)CCc1cc(Br)cs1.Cl. The van der Waals surface area contributed by atoms with Gasteiger partial charge in [0.2, 0.25) is 5.91 Å². The van der Waals surface area contributed by atoms with Crippen molar-refractivity contribution in [1.29, 1.82) is 0 Å². The molecule has 0 aliphatic carbocycles. The van der Waals surface area contributed by atoms with E-state index in [0.29, 0.717) is 18.4 Å². The van der Waals surface area contributed by atoms with Crippen LogP contribution in [0.15, 0.2) is 15.9 Å². The van der Waals surface area contributed by atoms with Crippen molar-refractivity contribution < 1.29 is 4.79 Å². The Morgan fingerprint density at radius 2 is 2.42 bits per heavy atom. The Morgan fingerprint density at radius 1 is 1.63 bits per heavy atom. The second kappa shape index (κ2) is 8.25. The zero-order valence-electron chi connectivity index (χ0n) is 11.0. The third kappa shape index (κ3) is 4.74. The number of halogens is 2. The van der Waals surface area contributed by atoms with Crippen LogP contribution in [0.3, 0.4) is 0 Å². The lowest BCUT2D eigenvalue weighted by molar-refractivity contribution is -0.131. The number of hydrogen-bond donors (Lipinski definition) is 1. The highest BCUT2D eigenvalue weighted by molar-refractivity contribution is 9.10. The Kier molecular flexibility index (Phi) is 7.36. The zero-order chi connectivity index (χ0) is 13.0. The molecule has 1 amide bonds. The lowest BCUT2D eigenvalue weighted by atomic mass is 10.2. The van der Waals surface area contributed by atoms with Crippen LogP contribution >= 0.6 is 39.7 Å². The summed E-state index contributed by atoms with van der Waals surface area (Å²) in [5.41, 5.74) is 0. The van der Waals surface area contributed by atoms with Gasteiger partial charge in [0.15, 0.2) is 0 Å². The van der Waals surface area contributed by atoms with Gasteiger partial charge >= 0.3 is 0 Å². The Bertz CT molecular complexity index is 413. The predicted octanol–water partition coefficient (Wildman–Crippen LogP) is 3.08. The summed E-state index contributed by atoms with van der Waals surface area (Å²) in [7, 11) is 1.95. The number of likely N-dealkylation sites (tertiary alicyclic amines) is 1. The van der Waals surface area contributed by atoms with E-state index in [-0.39, 0.29) is 12.4 Å². The van der Waals surface area contributed by atoms with Gasteiger partial charge in [-0.1, -0.05) is 0 Å². The van der Waals surface area contributed by atoms with Crippen molar-refractivity contribution in [3.63, 3.8) is 0 Å². The number of carbonyl (C=O) groups excluding carboxylic acids is 1. The summed E-state index contributed by atoms with van der Waals surface area (Å²) in [5, 5.41) is 5.24. The Labute approximate surface area is 133 Å². The zero-order valence-corrected chi connectivity index (χ0v) is 14.2. The smallest absolute Gasteiger partial charge is 0.223 e. The highest BCUT2D eigenvalue weighted by Gasteiger charge is 2.27. The van der Waals surface area contributed by atoms with Crippen molar-refractivity contribution >= 4 is 45.6 Å². The van der Waals surface area contributed by atoms with Crippen molar-refractivity contribution in [2.45, 2.75) is 31.7 Å². The van der Waals surface area contributed by atoms with Crippen molar-refractivity contribution in [2.24, 2.45) is 0 Å². The fraction of sp³-hybridized carbons (Fsp3) is 0.615. The molecule has 0 spiro atoms. The van der Waals surface area contributed by atoms with Crippen molar-refractivity contribution in [1.82, 2.24) is 10.2 Å². The van der Waals surface area contributed by atoms with Gasteiger partial charge in [-0.05, 0) is 48.3 Å². The third-order valence-electron chi connectivity index (χ3n) is 3.34. The van der Waals surface area contributed by atoms with E-state index < -0.39 is 0 Å². The first-order valence-corrected chi connectivity index (χ1v) is 8.05. The largest absolute Gasteiger partial charge is 0.338 e. The molecule has 108 valence electrons. The van der Waals surface area contributed by atoms with Crippen LogP contribution in [0.4, 0.5) is 0 Å². The number of nitrogens with one attached hydrogen (secondary N) is 1.